The standard InChI is InChI=1S/C13H10Cl2FNO/c14-9-3-1-5-11(16)8(9)7-12(18)13-10(15)4-2-6-17-13/h1-6,12,18H,7H2. The van der Waals surface area contributed by atoms with E-state index in [4.69, 9.17) is 23.2 Å². The lowest BCUT2D eigenvalue weighted by Gasteiger charge is -2.13. The van der Waals surface area contributed by atoms with Crippen LogP contribution in [0.2, 0.25) is 10.0 Å². The molecule has 94 valence electrons. The molecular weight excluding hydrogens is 276 g/mol. The fraction of sp³-hybridized carbons (Fsp3) is 0.154. The number of nitrogens with zero attached hydrogens (tertiary/aromatic N) is 1. The first-order chi connectivity index (χ1) is 8.59. The Balaban J connectivity index is 2.27. The molecule has 0 aliphatic heterocycles. The lowest BCUT2D eigenvalue weighted by atomic mass is 10.0. The second kappa shape index (κ2) is 5.65. The predicted molar refractivity (Wildman–Crippen MR) is 69.3 cm³/mol. The maximum absolute atomic E-state index is 13.6. The van der Waals surface area contributed by atoms with Gasteiger partial charge in [0.25, 0.3) is 0 Å². The third kappa shape index (κ3) is 2.80. The highest BCUT2D eigenvalue weighted by Crippen LogP contribution is 2.27. The van der Waals surface area contributed by atoms with Gasteiger partial charge in [0.2, 0.25) is 0 Å². The Bertz CT molecular complexity index is 542. The van der Waals surface area contributed by atoms with Gasteiger partial charge in [0.15, 0.2) is 0 Å². The van der Waals surface area contributed by atoms with Gasteiger partial charge in [0, 0.05) is 23.2 Å². The average molecular weight is 286 g/mol. The van der Waals surface area contributed by atoms with E-state index in [2.05, 4.69) is 4.98 Å². The van der Waals surface area contributed by atoms with Crippen LogP contribution in [0, 0.1) is 5.82 Å². The van der Waals surface area contributed by atoms with E-state index in [9.17, 15) is 9.50 Å². The zero-order chi connectivity index (χ0) is 13.1. The Morgan fingerprint density at radius 2 is 1.89 bits per heavy atom. The van der Waals surface area contributed by atoms with E-state index in [-0.39, 0.29) is 17.0 Å². The maximum Gasteiger partial charge on any atom is 0.127 e. The Morgan fingerprint density at radius 3 is 2.56 bits per heavy atom. The number of halogens is 3. The van der Waals surface area contributed by atoms with Crippen LogP contribution in [-0.2, 0) is 6.42 Å². The third-order valence-corrected chi connectivity index (χ3v) is 3.24. The molecule has 1 aromatic heterocycles. The van der Waals surface area contributed by atoms with E-state index in [1.807, 2.05) is 0 Å². The number of benzene rings is 1. The molecule has 0 amide bonds. The van der Waals surface area contributed by atoms with Crippen molar-refractivity contribution < 1.29 is 9.50 Å². The van der Waals surface area contributed by atoms with Gasteiger partial charge < -0.3 is 5.11 Å². The highest BCUT2D eigenvalue weighted by molar-refractivity contribution is 6.31. The molecule has 2 nitrogen and oxygen atoms in total. The van der Waals surface area contributed by atoms with E-state index < -0.39 is 11.9 Å². The summed E-state index contributed by atoms with van der Waals surface area (Å²) in [5, 5.41) is 10.7. The van der Waals surface area contributed by atoms with Gasteiger partial charge in [0.1, 0.15) is 11.9 Å². The number of hydrogen-bond acceptors (Lipinski definition) is 2. The minimum Gasteiger partial charge on any atom is -0.386 e. The van der Waals surface area contributed by atoms with Gasteiger partial charge in [-0.15, -0.1) is 0 Å². The summed E-state index contributed by atoms with van der Waals surface area (Å²) in [7, 11) is 0. The van der Waals surface area contributed by atoms with Crippen molar-refractivity contribution in [3.8, 4) is 0 Å². The highest BCUT2D eigenvalue weighted by Gasteiger charge is 2.17. The Kier molecular flexibility index (Phi) is 4.17. The molecule has 1 heterocycles. The molecule has 0 aliphatic carbocycles. The van der Waals surface area contributed by atoms with Crippen molar-refractivity contribution in [3.63, 3.8) is 0 Å². The lowest BCUT2D eigenvalue weighted by Crippen LogP contribution is -2.06. The van der Waals surface area contributed by atoms with Crippen LogP contribution in [-0.4, -0.2) is 10.1 Å². The summed E-state index contributed by atoms with van der Waals surface area (Å²) in [5.74, 6) is -0.450. The van der Waals surface area contributed by atoms with E-state index in [1.54, 1.807) is 18.2 Å². The summed E-state index contributed by atoms with van der Waals surface area (Å²) in [6, 6.07) is 7.67. The largest absolute Gasteiger partial charge is 0.386 e. The number of pyridine rings is 1. The summed E-state index contributed by atoms with van der Waals surface area (Å²) in [6.45, 7) is 0. The first kappa shape index (κ1) is 13.3. The lowest BCUT2D eigenvalue weighted by molar-refractivity contribution is 0.172. The molecule has 1 aromatic carbocycles. The van der Waals surface area contributed by atoms with E-state index >= 15 is 0 Å². The molecule has 0 bridgehead atoms. The Morgan fingerprint density at radius 1 is 1.17 bits per heavy atom. The molecule has 0 saturated heterocycles. The quantitative estimate of drug-likeness (QED) is 0.930. The zero-order valence-electron chi connectivity index (χ0n) is 9.28. The predicted octanol–water partition coefficient (Wildman–Crippen LogP) is 3.80. The molecule has 18 heavy (non-hydrogen) atoms. The summed E-state index contributed by atoms with van der Waals surface area (Å²) >= 11 is 11.8. The number of rotatable bonds is 3. The first-order valence-electron chi connectivity index (χ1n) is 5.31. The van der Waals surface area contributed by atoms with Gasteiger partial charge in [-0.05, 0) is 24.3 Å². The molecular formula is C13H10Cl2FNO. The van der Waals surface area contributed by atoms with Crippen LogP contribution in [0.1, 0.15) is 17.4 Å². The molecule has 2 rings (SSSR count). The second-order valence-electron chi connectivity index (χ2n) is 3.79. The van der Waals surface area contributed by atoms with Crippen LogP contribution >= 0.6 is 23.2 Å². The normalized spacial score (nSPS) is 12.4. The van der Waals surface area contributed by atoms with Crippen molar-refractivity contribution in [1.82, 2.24) is 4.98 Å². The van der Waals surface area contributed by atoms with Crippen LogP contribution in [0.15, 0.2) is 36.5 Å². The smallest absolute Gasteiger partial charge is 0.127 e. The zero-order valence-corrected chi connectivity index (χ0v) is 10.8. The van der Waals surface area contributed by atoms with Crippen LogP contribution in [0.4, 0.5) is 4.39 Å². The molecule has 1 atom stereocenters. The van der Waals surface area contributed by atoms with Crippen molar-refractivity contribution >= 4 is 23.2 Å². The second-order valence-corrected chi connectivity index (χ2v) is 4.60. The minimum atomic E-state index is -0.992. The molecule has 1 N–H and O–H groups in total. The molecule has 0 aliphatic rings. The van der Waals surface area contributed by atoms with Crippen molar-refractivity contribution in [2.45, 2.75) is 12.5 Å². The maximum atomic E-state index is 13.6. The van der Waals surface area contributed by atoms with E-state index in [0.29, 0.717) is 10.7 Å². The summed E-state index contributed by atoms with van der Waals surface area (Å²) < 4.78 is 13.6. The molecule has 0 fully saturated rings. The number of hydrogen-bond donors (Lipinski definition) is 1. The summed E-state index contributed by atoms with van der Waals surface area (Å²) in [4.78, 5) is 3.99. The van der Waals surface area contributed by atoms with Gasteiger partial charge in [-0.3, -0.25) is 4.98 Å². The SMILES string of the molecule is OC(Cc1c(F)cccc1Cl)c1ncccc1Cl. The van der Waals surface area contributed by atoms with Crippen LogP contribution in [0.5, 0.6) is 0 Å². The molecule has 5 heteroatoms. The van der Waals surface area contributed by atoms with Crippen molar-refractivity contribution in [3.05, 3.63) is 63.6 Å². The monoisotopic (exact) mass is 285 g/mol. The van der Waals surface area contributed by atoms with E-state index in [1.165, 1.54) is 18.3 Å². The van der Waals surface area contributed by atoms with Gasteiger partial charge >= 0.3 is 0 Å². The first-order valence-corrected chi connectivity index (χ1v) is 6.06. The van der Waals surface area contributed by atoms with Gasteiger partial charge in [0.05, 0.1) is 10.7 Å². The van der Waals surface area contributed by atoms with Crippen molar-refractivity contribution in [2.24, 2.45) is 0 Å². The summed E-state index contributed by atoms with van der Waals surface area (Å²) in [6.07, 6.45) is 0.559. The fourth-order valence-electron chi connectivity index (χ4n) is 1.66. The molecule has 1 unspecified atom stereocenters. The Labute approximate surface area is 114 Å². The van der Waals surface area contributed by atoms with Crippen LogP contribution in [0.25, 0.3) is 0 Å². The number of aliphatic hydroxyl groups excluding tert-OH is 1. The van der Waals surface area contributed by atoms with Gasteiger partial charge in [-0.2, -0.15) is 0 Å². The number of aromatic nitrogens is 1. The highest BCUT2D eigenvalue weighted by atomic mass is 35.5. The fourth-order valence-corrected chi connectivity index (χ4v) is 2.15. The Hall–Kier alpha value is -1.16. The minimum absolute atomic E-state index is 0.0300. The molecule has 0 spiro atoms. The van der Waals surface area contributed by atoms with Crippen molar-refractivity contribution in [1.29, 1.82) is 0 Å². The van der Waals surface area contributed by atoms with Gasteiger partial charge in [-0.1, -0.05) is 29.3 Å². The van der Waals surface area contributed by atoms with E-state index in [0.717, 1.165) is 0 Å². The topological polar surface area (TPSA) is 33.1 Å². The van der Waals surface area contributed by atoms with Crippen LogP contribution < -0.4 is 0 Å². The molecule has 0 saturated carbocycles. The van der Waals surface area contributed by atoms with Crippen LogP contribution in [0.3, 0.4) is 0 Å². The molecule has 0 radical (unpaired) electrons. The third-order valence-electron chi connectivity index (χ3n) is 2.56. The summed E-state index contributed by atoms with van der Waals surface area (Å²) in [5.41, 5.74) is 0.576. The average Bonchev–Trinajstić information content (AvgIpc) is 2.34. The number of aliphatic hydroxyl groups is 1. The van der Waals surface area contributed by atoms with Crippen molar-refractivity contribution in [2.75, 3.05) is 0 Å². The van der Waals surface area contributed by atoms with Gasteiger partial charge in [-0.25, -0.2) is 4.39 Å². The molecule has 2 aromatic rings.